The topological polar surface area (TPSA) is 34.1 Å². The van der Waals surface area contributed by atoms with Gasteiger partial charge in [-0.15, -0.1) is 11.3 Å². The Kier molecular flexibility index (Phi) is 3.14. The maximum absolute atomic E-state index is 11.6. The summed E-state index contributed by atoms with van der Waals surface area (Å²) in [5.74, 6) is -0.0640. The van der Waals surface area contributed by atoms with Gasteiger partial charge in [-0.1, -0.05) is 6.08 Å². The highest BCUT2D eigenvalue weighted by molar-refractivity contribution is 7.12. The van der Waals surface area contributed by atoms with Gasteiger partial charge in [-0.2, -0.15) is 0 Å². The van der Waals surface area contributed by atoms with Gasteiger partial charge in [0.1, 0.15) is 0 Å². The quantitative estimate of drug-likeness (QED) is 0.421. The second kappa shape index (κ2) is 4.14. The molecule has 0 radical (unpaired) electrons. The van der Waals surface area contributed by atoms with Gasteiger partial charge in [-0.25, -0.2) is 0 Å². The van der Waals surface area contributed by atoms with Crippen molar-refractivity contribution < 1.29 is 9.59 Å². The third kappa shape index (κ3) is 1.92. The molecule has 0 saturated heterocycles. The summed E-state index contributed by atoms with van der Waals surface area (Å²) in [6.45, 7) is 3.55. The van der Waals surface area contributed by atoms with Crippen molar-refractivity contribution in [3.8, 4) is 0 Å². The fourth-order valence-electron chi connectivity index (χ4n) is 0.943. The van der Waals surface area contributed by atoms with Gasteiger partial charge < -0.3 is 0 Å². The molecule has 0 aliphatic rings. The molecule has 0 amide bonds. The van der Waals surface area contributed by atoms with Crippen LogP contribution in [0.4, 0.5) is 0 Å². The summed E-state index contributed by atoms with van der Waals surface area (Å²) in [5, 5.41) is 1.75. The molecule has 0 N–H and O–H groups in total. The average Bonchev–Trinajstić information content (AvgIpc) is 2.62. The summed E-state index contributed by atoms with van der Waals surface area (Å²) in [5.41, 5.74) is 1.18. The van der Waals surface area contributed by atoms with E-state index in [2.05, 4.69) is 0 Å². The first kappa shape index (κ1) is 9.86. The molecule has 0 fully saturated rings. The van der Waals surface area contributed by atoms with Crippen molar-refractivity contribution in [2.45, 2.75) is 13.8 Å². The van der Waals surface area contributed by atoms with Crippen LogP contribution in [0, 0.1) is 0 Å². The monoisotopic (exact) mass is 194 g/mol. The molecule has 0 aromatic carbocycles. The van der Waals surface area contributed by atoms with E-state index in [0.29, 0.717) is 16.0 Å². The van der Waals surface area contributed by atoms with Crippen LogP contribution in [0.5, 0.6) is 0 Å². The molecule has 1 heterocycles. The Morgan fingerprint density at radius 3 is 2.77 bits per heavy atom. The molecule has 3 heteroatoms. The van der Waals surface area contributed by atoms with Crippen LogP contribution < -0.4 is 0 Å². The van der Waals surface area contributed by atoms with E-state index >= 15 is 0 Å². The molecular weight excluding hydrogens is 184 g/mol. The number of hydrogen-bond donors (Lipinski definition) is 0. The SMILES string of the molecule is C/C=C(\C)C(=O)c1ccsc1C=O. The van der Waals surface area contributed by atoms with Crippen LogP contribution in [0.2, 0.25) is 0 Å². The molecule has 0 aliphatic heterocycles. The molecule has 0 bridgehead atoms. The lowest BCUT2D eigenvalue weighted by Gasteiger charge is -1.97. The van der Waals surface area contributed by atoms with E-state index in [1.54, 1.807) is 31.4 Å². The van der Waals surface area contributed by atoms with Gasteiger partial charge in [-0.05, 0) is 30.9 Å². The fourth-order valence-corrected chi connectivity index (χ4v) is 1.64. The molecule has 2 nitrogen and oxygen atoms in total. The van der Waals surface area contributed by atoms with Crippen LogP contribution in [0.3, 0.4) is 0 Å². The third-order valence-electron chi connectivity index (χ3n) is 1.84. The molecule has 0 saturated carbocycles. The maximum atomic E-state index is 11.6. The van der Waals surface area contributed by atoms with E-state index in [1.807, 2.05) is 0 Å². The van der Waals surface area contributed by atoms with Crippen LogP contribution in [-0.4, -0.2) is 12.1 Å². The number of rotatable bonds is 3. The third-order valence-corrected chi connectivity index (χ3v) is 2.68. The highest BCUT2D eigenvalue weighted by Gasteiger charge is 2.12. The summed E-state index contributed by atoms with van der Waals surface area (Å²) < 4.78 is 0. The average molecular weight is 194 g/mol. The Hall–Kier alpha value is -1.22. The number of allylic oxidation sites excluding steroid dienone is 2. The minimum absolute atomic E-state index is 0.0640. The number of ketones is 1. The number of aldehydes is 1. The highest BCUT2D eigenvalue weighted by Crippen LogP contribution is 2.17. The van der Waals surface area contributed by atoms with Gasteiger partial charge in [-0.3, -0.25) is 9.59 Å². The number of Topliss-reactive ketones (excluding diaryl/α,β-unsaturated/α-hetero) is 1. The van der Waals surface area contributed by atoms with Gasteiger partial charge in [0.15, 0.2) is 12.1 Å². The first-order chi connectivity index (χ1) is 6.20. The highest BCUT2D eigenvalue weighted by atomic mass is 32.1. The van der Waals surface area contributed by atoms with Gasteiger partial charge in [0, 0.05) is 5.56 Å². The Balaban J connectivity index is 3.08. The summed E-state index contributed by atoms with van der Waals surface area (Å²) >= 11 is 1.29. The van der Waals surface area contributed by atoms with Crippen LogP contribution in [0.1, 0.15) is 33.9 Å². The number of carbonyl (C=O) groups excluding carboxylic acids is 2. The molecule has 0 atom stereocenters. The summed E-state index contributed by atoms with van der Waals surface area (Å²) in [6.07, 6.45) is 2.47. The normalized spacial score (nSPS) is 11.4. The van der Waals surface area contributed by atoms with E-state index in [4.69, 9.17) is 0 Å². The molecule has 1 aromatic heterocycles. The second-order valence-electron chi connectivity index (χ2n) is 2.62. The zero-order valence-corrected chi connectivity index (χ0v) is 8.35. The molecule has 13 heavy (non-hydrogen) atoms. The molecule has 0 unspecified atom stereocenters. The first-order valence-corrected chi connectivity index (χ1v) is 4.79. The lowest BCUT2D eigenvalue weighted by molar-refractivity contribution is 0.102. The Bertz CT molecular complexity index is 361. The van der Waals surface area contributed by atoms with Gasteiger partial charge in [0.25, 0.3) is 0 Å². The van der Waals surface area contributed by atoms with Crippen molar-refractivity contribution in [1.29, 1.82) is 0 Å². The van der Waals surface area contributed by atoms with E-state index in [9.17, 15) is 9.59 Å². The first-order valence-electron chi connectivity index (χ1n) is 3.91. The van der Waals surface area contributed by atoms with Crippen LogP contribution in [0.25, 0.3) is 0 Å². The number of thiophene rings is 1. The predicted octanol–water partition coefficient (Wildman–Crippen LogP) is 2.71. The lowest BCUT2D eigenvalue weighted by atomic mass is 10.1. The van der Waals surface area contributed by atoms with Crippen LogP contribution in [0.15, 0.2) is 23.1 Å². The van der Waals surface area contributed by atoms with E-state index < -0.39 is 0 Å². The maximum Gasteiger partial charge on any atom is 0.189 e. The Morgan fingerprint density at radius 1 is 1.54 bits per heavy atom. The summed E-state index contributed by atoms with van der Waals surface area (Å²) in [7, 11) is 0. The second-order valence-corrected chi connectivity index (χ2v) is 3.56. The molecule has 1 rings (SSSR count). The lowest BCUT2D eigenvalue weighted by Crippen LogP contribution is -2.01. The molecule has 0 aliphatic carbocycles. The number of carbonyl (C=O) groups is 2. The van der Waals surface area contributed by atoms with E-state index in [0.717, 1.165) is 6.29 Å². The standard InChI is InChI=1S/C10H10O2S/c1-3-7(2)10(12)8-4-5-13-9(8)6-11/h3-6H,1-2H3/b7-3+. The van der Waals surface area contributed by atoms with Crippen molar-refractivity contribution in [3.05, 3.63) is 33.5 Å². The Labute approximate surface area is 80.9 Å². The zero-order chi connectivity index (χ0) is 9.84. The molecule has 1 aromatic rings. The van der Waals surface area contributed by atoms with E-state index in [-0.39, 0.29) is 5.78 Å². The number of hydrogen-bond acceptors (Lipinski definition) is 3. The zero-order valence-electron chi connectivity index (χ0n) is 7.53. The molecule has 0 spiro atoms. The van der Waals surface area contributed by atoms with Crippen LogP contribution in [-0.2, 0) is 0 Å². The van der Waals surface area contributed by atoms with Crippen molar-refractivity contribution >= 4 is 23.4 Å². The summed E-state index contributed by atoms with van der Waals surface area (Å²) in [6, 6.07) is 1.68. The summed E-state index contributed by atoms with van der Waals surface area (Å²) in [4.78, 5) is 22.6. The van der Waals surface area contributed by atoms with Crippen LogP contribution >= 0.6 is 11.3 Å². The molecule has 68 valence electrons. The van der Waals surface area contributed by atoms with Crippen molar-refractivity contribution in [1.82, 2.24) is 0 Å². The largest absolute Gasteiger partial charge is 0.297 e. The molecular formula is C10H10O2S. The van der Waals surface area contributed by atoms with Gasteiger partial charge >= 0.3 is 0 Å². The minimum Gasteiger partial charge on any atom is -0.297 e. The Morgan fingerprint density at radius 2 is 2.23 bits per heavy atom. The van der Waals surface area contributed by atoms with Crippen molar-refractivity contribution in [2.24, 2.45) is 0 Å². The minimum atomic E-state index is -0.0640. The van der Waals surface area contributed by atoms with Crippen molar-refractivity contribution in [3.63, 3.8) is 0 Å². The smallest absolute Gasteiger partial charge is 0.189 e. The van der Waals surface area contributed by atoms with Gasteiger partial charge in [0.2, 0.25) is 0 Å². The fraction of sp³-hybridized carbons (Fsp3) is 0.200. The van der Waals surface area contributed by atoms with E-state index in [1.165, 1.54) is 11.3 Å². The van der Waals surface area contributed by atoms with Crippen molar-refractivity contribution in [2.75, 3.05) is 0 Å². The van der Waals surface area contributed by atoms with Gasteiger partial charge in [0.05, 0.1) is 4.88 Å². The predicted molar refractivity (Wildman–Crippen MR) is 53.5 cm³/mol.